The Kier molecular flexibility index (Phi) is 3.84. The fourth-order valence-corrected chi connectivity index (χ4v) is 2.09. The van der Waals surface area contributed by atoms with E-state index in [4.69, 9.17) is 4.74 Å². The zero-order valence-electron chi connectivity index (χ0n) is 9.50. The fourth-order valence-electron chi connectivity index (χ4n) is 1.52. The molecule has 0 N–H and O–H groups in total. The lowest BCUT2D eigenvalue weighted by atomic mass is 10.1. The molecule has 2 nitrogen and oxygen atoms in total. The Balaban J connectivity index is 2.34. The van der Waals surface area contributed by atoms with Gasteiger partial charge in [-0.2, -0.15) is 0 Å². The lowest BCUT2D eigenvalue weighted by Gasteiger charge is -2.09. The number of aryl methyl sites for hydroxylation is 2. The van der Waals surface area contributed by atoms with Crippen molar-refractivity contribution in [3.05, 3.63) is 50.5 Å². The molecule has 88 valence electrons. The molecule has 2 rings (SSSR count). The molecular formula is C13H11Br2NO. The van der Waals surface area contributed by atoms with E-state index < -0.39 is 0 Å². The van der Waals surface area contributed by atoms with Gasteiger partial charge >= 0.3 is 0 Å². The highest BCUT2D eigenvalue weighted by Gasteiger charge is 2.06. The van der Waals surface area contributed by atoms with Gasteiger partial charge in [-0.3, -0.25) is 0 Å². The molecule has 4 heteroatoms. The predicted octanol–water partition coefficient (Wildman–Crippen LogP) is 5.02. The van der Waals surface area contributed by atoms with Crippen molar-refractivity contribution in [2.75, 3.05) is 0 Å². The van der Waals surface area contributed by atoms with Gasteiger partial charge in [0.15, 0.2) is 0 Å². The molecule has 0 aliphatic rings. The zero-order valence-corrected chi connectivity index (χ0v) is 12.7. The van der Waals surface area contributed by atoms with Crippen molar-refractivity contribution in [2.24, 2.45) is 0 Å². The van der Waals surface area contributed by atoms with Gasteiger partial charge in [-0.15, -0.1) is 0 Å². The van der Waals surface area contributed by atoms with Crippen LogP contribution in [0.3, 0.4) is 0 Å². The van der Waals surface area contributed by atoms with E-state index in [-0.39, 0.29) is 0 Å². The molecule has 1 heterocycles. The number of rotatable bonds is 2. The van der Waals surface area contributed by atoms with Crippen molar-refractivity contribution in [3.63, 3.8) is 0 Å². The van der Waals surface area contributed by atoms with Crippen molar-refractivity contribution in [3.8, 4) is 11.6 Å². The Hall–Kier alpha value is -0.870. The Morgan fingerprint density at radius 3 is 2.35 bits per heavy atom. The maximum Gasteiger partial charge on any atom is 0.233 e. The molecule has 1 aromatic carbocycles. The number of pyridine rings is 1. The minimum atomic E-state index is 0.577. The Morgan fingerprint density at radius 2 is 1.76 bits per heavy atom. The second kappa shape index (κ2) is 5.19. The molecule has 0 saturated heterocycles. The van der Waals surface area contributed by atoms with Crippen molar-refractivity contribution >= 4 is 31.9 Å². The van der Waals surface area contributed by atoms with Gasteiger partial charge in [0.05, 0.1) is 4.47 Å². The Bertz CT molecular complexity index is 532. The Labute approximate surface area is 117 Å². The van der Waals surface area contributed by atoms with Gasteiger partial charge < -0.3 is 4.74 Å². The third kappa shape index (κ3) is 2.87. The summed E-state index contributed by atoms with van der Waals surface area (Å²) < 4.78 is 7.71. The van der Waals surface area contributed by atoms with Crippen LogP contribution in [0.1, 0.15) is 11.1 Å². The summed E-state index contributed by atoms with van der Waals surface area (Å²) in [6, 6.07) is 7.73. The first kappa shape index (κ1) is 12.6. The lowest BCUT2D eigenvalue weighted by molar-refractivity contribution is 0.459. The molecule has 0 amide bonds. The van der Waals surface area contributed by atoms with Gasteiger partial charge in [0.1, 0.15) is 5.75 Å². The molecule has 0 atom stereocenters. The van der Waals surface area contributed by atoms with Crippen molar-refractivity contribution < 1.29 is 4.74 Å². The van der Waals surface area contributed by atoms with E-state index in [2.05, 4.69) is 36.8 Å². The molecule has 0 radical (unpaired) electrons. The lowest BCUT2D eigenvalue weighted by Crippen LogP contribution is -1.91. The van der Waals surface area contributed by atoms with Crippen molar-refractivity contribution in [2.45, 2.75) is 13.8 Å². The van der Waals surface area contributed by atoms with Crippen LogP contribution in [0.5, 0.6) is 11.6 Å². The third-order valence-corrected chi connectivity index (χ3v) is 4.20. The molecule has 0 aliphatic heterocycles. The van der Waals surface area contributed by atoms with E-state index in [1.165, 1.54) is 0 Å². The van der Waals surface area contributed by atoms with Crippen LogP contribution < -0.4 is 4.74 Å². The predicted molar refractivity (Wildman–Crippen MR) is 75.6 cm³/mol. The highest BCUT2D eigenvalue weighted by atomic mass is 79.9. The highest BCUT2D eigenvalue weighted by Crippen LogP contribution is 2.31. The number of nitrogens with zero attached hydrogens (tertiary/aromatic N) is 1. The van der Waals surface area contributed by atoms with Crippen LogP contribution in [-0.2, 0) is 0 Å². The average molecular weight is 357 g/mol. The molecular weight excluding hydrogens is 346 g/mol. The van der Waals surface area contributed by atoms with E-state index in [1.54, 1.807) is 6.20 Å². The fraction of sp³-hybridized carbons (Fsp3) is 0.154. The molecule has 0 fully saturated rings. The summed E-state index contributed by atoms with van der Waals surface area (Å²) in [7, 11) is 0. The SMILES string of the molecule is Cc1cc(Oc2ncccc2Br)cc(C)c1Br. The molecule has 1 aromatic heterocycles. The number of hydrogen-bond acceptors (Lipinski definition) is 2. The summed E-state index contributed by atoms with van der Waals surface area (Å²) in [6.45, 7) is 4.08. The number of ether oxygens (including phenoxy) is 1. The van der Waals surface area contributed by atoms with Crippen LogP contribution in [0.15, 0.2) is 39.4 Å². The van der Waals surface area contributed by atoms with Crippen molar-refractivity contribution in [1.82, 2.24) is 4.98 Å². The minimum absolute atomic E-state index is 0.577. The largest absolute Gasteiger partial charge is 0.438 e. The summed E-state index contributed by atoms with van der Waals surface area (Å²) >= 11 is 6.94. The number of halogens is 2. The van der Waals surface area contributed by atoms with Crippen LogP contribution >= 0.6 is 31.9 Å². The van der Waals surface area contributed by atoms with Gasteiger partial charge in [0.25, 0.3) is 0 Å². The summed E-state index contributed by atoms with van der Waals surface area (Å²) in [5.41, 5.74) is 2.29. The highest BCUT2D eigenvalue weighted by molar-refractivity contribution is 9.10. The zero-order chi connectivity index (χ0) is 12.4. The first-order chi connectivity index (χ1) is 8.08. The normalized spacial score (nSPS) is 10.4. The van der Waals surface area contributed by atoms with Crippen LogP contribution in [-0.4, -0.2) is 4.98 Å². The number of benzene rings is 1. The molecule has 2 aromatic rings. The molecule has 0 spiro atoms. The van der Waals surface area contributed by atoms with Crippen LogP contribution in [0.2, 0.25) is 0 Å². The summed E-state index contributed by atoms with van der Waals surface area (Å²) in [5, 5.41) is 0. The number of hydrogen-bond donors (Lipinski definition) is 0. The molecule has 17 heavy (non-hydrogen) atoms. The smallest absolute Gasteiger partial charge is 0.233 e. The van der Waals surface area contributed by atoms with E-state index in [1.807, 2.05) is 38.1 Å². The van der Waals surface area contributed by atoms with Crippen molar-refractivity contribution in [1.29, 1.82) is 0 Å². The van der Waals surface area contributed by atoms with Crippen LogP contribution in [0.4, 0.5) is 0 Å². The molecule has 0 aliphatic carbocycles. The first-order valence-electron chi connectivity index (χ1n) is 5.13. The van der Waals surface area contributed by atoms with E-state index in [9.17, 15) is 0 Å². The average Bonchev–Trinajstić information content (AvgIpc) is 2.29. The monoisotopic (exact) mass is 355 g/mol. The standard InChI is InChI=1S/C13H11Br2NO/c1-8-6-10(7-9(2)12(8)15)17-13-11(14)4-3-5-16-13/h3-7H,1-2H3. The van der Waals surface area contributed by atoms with E-state index in [0.29, 0.717) is 5.88 Å². The first-order valence-corrected chi connectivity index (χ1v) is 6.71. The maximum atomic E-state index is 5.75. The molecule has 0 unspecified atom stereocenters. The summed E-state index contributed by atoms with van der Waals surface area (Å²) in [6.07, 6.45) is 1.71. The van der Waals surface area contributed by atoms with Crippen LogP contribution in [0.25, 0.3) is 0 Å². The van der Waals surface area contributed by atoms with Gasteiger partial charge in [-0.25, -0.2) is 4.98 Å². The van der Waals surface area contributed by atoms with Crippen LogP contribution in [0, 0.1) is 13.8 Å². The van der Waals surface area contributed by atoms with E-state index >= 15 is 0 Å². The quantitative estimate of drug-likeness (QED) is 0.754. The minimum Gasteiger partial charge on any atom is -0.438 e. The second-order valence-electron chi connectivity index (χ2n) is 3.76. The second-order valence-corrected chi connectivity index (χ2v) is 5.41. The molecule has 0 bridgehead atoms. The number of aromatic nitrogens is 1. The third-order valence-electron chi connectivity index (χ3n) is 2.35. The Morgan fingerprint density at radius 1 is 1.12 bits per heavy atom. The topological polar surface area (TPSA) is 22.1 Å². The van der Waals surface area contributed by atoms with Gasteiger partial charge in [-0.05, 0) is 65.2 Å². The maximum absolute atomic E-state index is 5.75. The summed E-state index contributed by atoms with van der Waals surface area (Å²) in [4.78, 5) is 4.17. The van der Waals surface area contributed by atoms with Gasteiger partial charge in [-0.1, -0.05) is 15.9 Å². The van der Waals surface area contributed by atoms with E-state index in [0.717, 1.165) is 25.8 Å². The molecule has 0 saturated carbocycles. The summed E-state index contributed by atoms with van der Waals surface area (Å²) in [5.74, 6) is 1.37. The van der Waals surface area contributed by atoms with Gasteiger partial charge in [0.2, 0.25) is 5.88 Å². The van der Waals surface area contributed by atoms with Gasteiger partial charge in [0, 0.05) is 10.7 Å².